The van der Waals surface area contributed by atoms with Gasteiger partial charge in [-0.25, -0.2) is 0 Å². The van der Waals surface area contributed by atoms with Crippen molar-refractivity contribution in [2.45, 2.75) is 18.6 Å². The number of carbonyl (C=O) groups is 1. The Hall–Kier alpha value is -2.07. The Morgan fingerprint density at radius 1 is 1.20 bits per heavy atom. The van der Waals surface area contributed by atoms with Crippen molar-refractivity contribution in [3.05, 3.63) is 42.5 Å². The van der Waals surface area contributed by atoms with E-state index in [0.29, 0.717) is 19.5 Å². The number of piperidine rings is 1. The molecule has 0 saturated carbocycles. The normalized spacial score (nSPS) is 22.8. The number of fused-ring (bicyclic) bond motifs is 1. The lowest BCUT2D eigenvalue weighted by Gasteiger charge is -2.34. The largest absolute Gasteiger partial charge is 0.487 e. The number of benzene rings is 2. The van der Waals surface area contributed by atoms with E-state index in [1.807, 2.05) is 42.5 Å². The van der Waals surface area contributed by atoms with Gasteiger partial charge in [-0.2, -0.15) is 0 Å². The third-order valence-electron chi connectivity index (χ3n) is 3.73. The van der Waals surface area contributed by atoms with Crippen LogP contribution in [0, 0.1) is 0 Å². The molecule has 0 spiro atoms. The summed E-state index contributed by atoms with van der Waals surface area (Å²) in [7, 11) is 0. The van der Waals surface area contributed by atoms with Crippen LogP contribution in [0.15, 0.2) is 42.5 Å². The van der Waals surface area contributed by atoms with E-state index in [9.17, 15) is 9.90 Å². The first kappa shape index (κ1) is 12.9. The molecule has 1 amide bonds. The van der Waals surface area contributed by atoms with Crippen LogP contribution in [-0.2, 0) is 4.79 Å². The highest BCUT2D eigenvalue weighted by atomic mass is 16.5. The van der Waals surface area contributed by atoms with E-state index < -0.39 is 6.10 Å². The molecule has 0 aromatic heterocycles. The molecule has 1 N–H and O–H groups in total. The van der Waals surface area contributed by atoms with Crippen molar-refractivity contribution in [1.82, 2.24) is 4.90 Å². The lowest BCUT2D eigenvalue weighted by molar-refractivity contribution is -0.123. The van der Waals surface area contributed by atoms with Crippen LogP contribution < -0.4 is 4.74 Å². The summed E-state index contributed by atoms with van der Waals surface area (Å²) < 4.78 is 5.98. The number of ether oxygens (including phenoxy) is 1. The molecule has 0 unspecified atom stereocenters. The van der Waals surface area contributed by atoms with Gasteiger partial charge in [-0.1, -0.05) is 36.4 Å². The third-order valence-corrected chi connectivity index (χ3v) is 3.73. The van der Waals surface area contributed by atoms with Crippen molar-refractivity contribution in [3.8, 4) is 5.75 Å². The van der Waals surface area contributed by atoms with Crippen LogP contribution in [0.3, 0.4) is 0 Å². The van der Waals surface area contributed by atoms with Crippen LogP contribution in [0.2, 0.25) is 0 Å². The van der Waals surface area contributed by atoms with Crippen LogP contribution in [0.25, 0.3) is 10.8 Å². The quantitative estimate of drug-likeness (QED) is 0.866. The maximum atomic E-state index is 10.7. The van der Waals surface area contributed by atoms with Gasteiger partial charge in [-0.15, -0.1) is 0 Å². The van der Waals surface area contributed by atoms with Crippen LogP contribution in [0.4, 0.5) is 0 Å². The van der Waals surface area contributed by atoms with Crippen LogP contribution >= 0.6 is 0 Å². The Kier molecular flexibility index (Phi) is 3.56. The molecule has 1 aliphatic rings. The van der Waals surface area contributed by atoms with Gasteiger partial charge in [-0.05, 0) is 11.5 Å². The van der Waals surface area contributed by atoms with E-state index >= 15 is 0 Å². The lowest BCUT2D eigenvalue weighted by Crippen LogP contribution is -2.48. The van der Waals surface area contributed by atoms with Crippen molar-refractivity contribution in [2.75, 3.05) is 13.1 Å². The molecular weight excluding hydrogens is 254 g/mol. The van der Waals surface area contributed by atoms with Gasteiger partial charge < -0.3 is 14.7 Å². The summed E-state index contributed by atoms with van der Waals surface area (Å²) in [5.74, 6) is 0.784. The van der Waals surface area contributed by atoms with Crippen molar-refractivity contribution in [3.63, 3.8) is 0 Å². The zero-order chi connectivity index (χ0) is 13.9. The van der Waals surface area contributed by atoms with E-state index in [4.69, 9.17) is 4.74 Å². The fourth-order valence-corrected chi connectivity index (χ4v) is 2.63. The first-order chi connectivity index (χ1) is 9.78. The Labute approximate surface area is 117 Å². The van der Waals surface area contributed by atoms with Crippen LogP contribution in [0.1, 0.15) is 6.42 Å². The summed E-state index contributed by atoms with van der Waals surface area (Å²) >= 11 is 0. The molecule has 0 aliphatic carbocycles. The predicted octanol–water partition coefficient (Wildman–Crippen LogP) is 1.81. The molecule has 2 aromatic rings. The molecule has 3 rings (SSSR count). The minimum atomic E-state index is -0.645. The summed E-state index contributed by atoms with van der Waals surface area (Å²) in [5.41, 5.74) is 0. The molecule has 104 valence electrons. The summed E-state index contributed by atoms with van der Waals surface area (Å²) in [6, 6.07) is 13.9. The lowest BCUT2D eigenvalue weighted by atomic mass is 10.0. The average Bonchev–Trinajstić information content (AvgIpc) is 2.49. The molecule has 1 fully saturated rings. The highest BCUT2D eigenvalue weighted by Gasteiger charge is 2.28. The van der Waals surface area contributed by atoms with Gasteiger partial charge in [0.05, 0.1) is 0 Å². The van der Waals surface area contributed by atoms with Gasteiger partial charge in [-0.3, -0.25) is 4.79 Å². The summed E-state index contributed by atoms with van der Waals surface area (Å²) in [6.07, 6.45) is 0.505. The van der Waals surface area contributed by atoms with Crippen LogP contribution in [-0.4, -0.2) is 41.7 Å². The molecule has 2 atom stereocenters. The molecule has 1 saturated heterocycles. The van der Waals surface area contributed by atoms with Gasteiger partial charge in [0.15, 0.2) is 0 Å². The van der Waals surface area contributed by atoms with E-state index in [1.54, 1.807) is 4.90 Å². The van der Waals surface area contributed by atoms with Crippen molar-refractivity contribution in [2.24, 2.45) is 0 Å². The molecule has 0 bridgehead atoms. The third kappa shape index (κ3) is 2.47. The summed E-state index contributed by atoms with van der Waals surface area (Å²) in [4.78, 5) is 12.3. The number of likely N-dealkylation sites (tertiary alicyclic amines) is 1. The number of amides is 1. The number of β-amino-alcohol motifs (C(OH)–C–C–N with tert-alkyl or cyclic N) is 1. The molecule has 0 radical (unpaired) electrons. The Bertz CT molecular complexity index is 608. The van der Waals surface area contributed by atoms with Gasteiger partial charge in [0.1, 0.15) is 18.0 Å². The molecular formula is C16H17NO3. The molecule has 4 nitrogen and oxygen atoms in total. The van der Waals surface area contributed by atoms with Gasteiger partial charge in [0, 0.05) is 24.9 Å². The number of hydrogen-bond acceptors (Lipinski definition) is 3. The fraction of sp³-hybridized carbons (Fsp3) is 0.312. The number of rotatable bonds is 3. The highest BCUT2D eigenvalue weighted by Crippen LogP contribution is 2.28. The Balaban J connectivity index is 1.81. The summed E-state index contributed by atoms with van der Waals surface area (Å²) in [6.45, 7) is 0.953. The number of nitrogens with zero attached hydrogens (tertiary/aromatic N) is 1. The maximum absolute atomic E-state index is 10.7. The van der Waals surface area contributed by atoms with E-state index in [0.717, 1.165) is 22.9 Å². The van der Waals surface area contributed by atoms with E-state index in [-0.39, 0.29) is 6.10 Å². The maximum Gasteiger partial charge on any atom is 0.209 e. The second-order valence-corrected chi connectivity index (χ2v) is 5.09. The molecule has 4 heteroatoms. The number of aliphatic hydroxyl groups is 1. The van der Waals surface area contributed by atoms with Gasteiger partial charge in [0.25, 0.3) is 0 Å². The molecule has 1 heterocycles. The number of carbonyl (C=O) groups excluding carboxylic acids is 1. The highest BCUT2D eigenvalue weighted by molar-refractivity contribution is 5.88. The topological polar surface area (TPSA) is 49.8 Å². The van der Waals surface area contributed by atoms with Crippen molar-refractivity contribution < 1.29 is 14.6 Å². The number of hydrogen-bond donors (Lipinski definition) is 1. The second-order valence-electron chi connectivity index (χ2n) is 5.09. The second kappa shape index (κ2) is 5.51. The standard InChI is InChI=1S/C16H17NO3/c18-11-17-9-8-16(14(19)10-17)20-15-7-3-5-12-4-1-2-6-13(12)15/h1-7,11,14,16,19H,8-10H2/t14-,16-/m0/s1. The van der Waals surface area contributed by atoms with E-state index in [2.05, 4.69) is 0 Å². The Morgan fingerprint density at radius 3 is 2.80 bits per heavy atom. The molecule has 1 aliphatic heterocycles. The smallest absolute Gasteiger partial charge is 0.209 e. The zero-order valence-corrected chi connectivity index (χ0v) is 11.1. The monoisotopic (exact) mass is 271 g/mol. The fourth-order valence-electron chi connectivity index (χ4n) is 2.63. The van der Waals surface area contributed by atoms with Crippen LogP contribution in [0.5, 0.6) is 5.75 Å². The predicted molar refractivity (Wildman–Crippen MR) is 76.6 cm³/mol. The van der Waals surface area contributed by atoms with Gasteiger partial charge in [0.2, 0.25) is 6.41 Å². The van der Waals surface area contributed by atoms with Crippen molar-refractivity contribution in [1.29, 1.82) is 0 Å². The minimum absolute atomic E-state index is 0.267. The zero-order valence-electron chi connectivity index (χ0n) is 11.1. The SMILES string of the molecule is O=CN1CC[C@H](Oc2cccc3ccccc23)[C@@H](O)C1. The van der Waals surface area contributed by atoms with E-state index in [1.165, 1.54) is 0 Å². The van der Waals surface area contributed by atoms with Gasteiger partial charge >= 0.3 is 0 Å². The number of aliphatic hydroxyl groups excluding tert-OH is 1. The first-order valence-corrected chi connectivity index (χ1v) is 6.80. The average molecular weight is 271 g/mol. The van der Waals surface area contributed by atoms with Crippen molar-refractivity contribution >= 4 is 17.2 Å². The first-order valence-electron chi connectivity index (χ1n) is 6.80. The summed E-state index contributed by atoms with van der Waals surface area (Å²) in [5, 5.41) is 12.2. The Morgan fingerprint density at radius 2 is 2.00 bits per heavy atom. The molecule has 2 aromatic carbocycles. The molecule has 20 heavy (non-hydrogen) atoms. The minimum Gasteiger partial charge on any atom is -0.487 e.